The molecule has 1 aromatic heterocycles. The minimum absolute atomic E-state index is 0.0210. The van der Waals surface area contributed by atoms with Gasteiger partial charge in [0.15, 0.2) is 0 Å². The number of carbonyl (C=O) groups excluding carboxylic acids is 1. The van der Waals surface area contributed by atoms with Gasteiger partial charge in [-0.05, 0) is 38.0 Å². The number of rotatable bonds is 3. The number of hydrogen-bond acceptors (Lipinski definition) is 3. The molecule has 2 heterocycles. The number of carbonyl (C=O) groups is 1. The van der Waals surface area contributed by atoms with E-state index in [0.29, 0.717) is 5.69 Å². The Morgan fingerprint density at radius 2 is 2.19 bits per heavy atom. The van der Waals surface area contributed by atoms with Crippen LogP contribution in [0.2, 0.25) is 0 Å². The number of amides is 1. The van der Waals surface area contributed by atoms with E-state index in [0.717, 1.165) is 12.1 Å². The maximum atomic E-state index is 12.6. The number of hydrogen-bond donors (Lipinski definition) is 1. The second-order valence-electron chi connectivity index (χ2n) is 5.56. The standard InChI is InChI=1S/C16H19N3O2/c1-11-9-13-5-3-4-6-15(13)19(11)16(21)10-18-8-7-14(17-18)12(2)20/h3-8,11-12,20H,9-10H2,1-2H3/t11-,12-/m0/s1. The van der Waals surface area contributed by atoms with Gasteiger partial charge in [0.1, 0.15) is 6.54 Å². The van der Waals surface area contributed by atoms with Gasteiger partial charge >= 0.3 is 0 Å². The molecule has 0 unspecified atom stereocenters. The van der Waals surface area contributed by atoms with Crippen molar-refractivity contribution in [3.05, 3.63) is 47.8 Å². The lowest BCUT2D eigenvalue weighted by Gasteiger charge is -2.22. The van der Waals surface area contributed by atoms with E-state index in [1.165, 1.54) is 5.56 Å². The summed E-state index contributed by atoms with van der Waals surface area (Å²) in [4.78, 5) is 14.4. The highest BCUT2D eigenvalue weighted by Gasteiger charge is 2.30. The molecule has 1 aromatic carbocycles. The summed E-state index contributed by atoms with van der Waals surface area (Å²) in [5.74, 6) is 0.0210. The lowest BCUT2D eigenvalue weighted by Crippen LogP contribution is -2.38. The Balaban J connectivity index is 1.79. The minimum atomic E-state index is -0.618. The summed E-state index contributed by atoms with van der Waals surface area (Å²) in [7, 11) is 0. The van der Waals surface area contributed by atoms with Crippen molar-refractivity contribution in [3.63, 3.8) is 0 Å². The van der Waals surface area contributed by atoms with Crippen LogP contribution < -0.4 is 4.90 Å². The Bertz CT molecular complexity index is 663. The summed E-state index contributed by atoms with van der Waals surface area (Å²) in [6.07, 6.45) is 2.00. The summed E-state index contributed by atoms with van der Waals surface area (Å²) in [6, 6.07) is 9.92. The molecule has 0 bridgehead atoms. The molecule has 110 valence electrons. The predicted molar refractivity (Wildman–Crippen MR) is 80.0 cm³/mol. The highest BCUT2D eigenvalue weighted by atomic mass is 16.3. The second-order valence-corrected chi connectivity index (χ2v) is 5.56. The van der Waals surface area contributed by atoms with E-state index in [1.807, 2.05) is 23.1 Å². The van der Waals surface area contributed by atoms with Gasteiger partial charge in [-0.25, -0.2) is 0 Å². The highest BCUT2D eigenvalue weighted by molar-refractivity contribution is 5.96. The molecule has 1 amide bonds. The zero-order valence-electron chi connectivity index (χ0n) is 12.2. The average molecular weight is 285 g/mol. The summed E-state index contributed by atoms with van der Waals surface area (Å²) < 4.78 is 1.58. The van der Waals surface area contributed by atoms with Crippen LogP contribution in [0.1, 0.15) is 31.2 Å². The van der Waals surface area contributed by atoms with Gasteiger partial charge in [0.25, 0.3) is 0 Å². The molecule has 2 aromatic rings. The Hall–Kier alpha value is -2.14. The van der Waals surface area contributed by atoms with Crippen LogP contribution in [0.3, 0.4) is 0 Å². The molecule has 5 heteroatoms. The van der Waals surface area contributed by atoms with Crippen molar-refractivity contribution in [2.75, 3.05) is 4.90 Å². The van der Waals surface area contributed by atoms with E-state index in [2.05, 4.69) is 18.1 Å². The topological polar surface area (TPSA) is 58.4 Å². The van der Waals surface area contributed by atoms with Gasteiger partial charge in [-0.3, -0.25) is 9.48 Å². The molecule has 0 spiro atoms. The summed E-state index contributed by atoms with van der Waals surface area (Å²) >= 11 is 0. The number of nitrogens with zero attached hydrogens (tertiary/aromatic N) is 3. The molecular weight excluding hydrogens is 266 g/mol. The fourth-order valence-electron chi connectivity index (χ4n) is 2.85. The van der Waals surface area contributed by atoms with Gasteiger partial charge in [0, 0.05) is 17.9 Å². The molecule has 0 aliphatic carbocycles. The van der Waals surface area contributed by atoms with E-state index >= 15 is 0 Å². The van der Waals surface area contributed by atoms with Crippen molar-refractivity contribution < 1.29 is 9.90 Å². The first-order valence-electron chi connectivity index (χ1n) is 7.17. The van der Waals surface area contributed by atoms with Crippen LogP contribution >= 0.6 is 0 Å². The first-order valence-corrected chi connectivity index (χ1v) is 7.17. The molecule has 0 radical (unpaired) electrons. The van der Waals surface area contributed by atoms with E-state index in [1.54, 1.807) is 23.9 Å². The third kappa shape index (κ3) is 2.56. The van der Waals surface area contributed by atoms with E-state index in [9.17, 15) is 9.90 Å². The van der Waals surface area contributed by atoms with E-state index in [-0.39, 0.29) is 18.5 Å². The van der Waals surface area contributed by atoms with Gasteiger partial charge in [0.2, 0.25) is 5.91 Å². The van der Waals surface area contributed by atoms with E-state index < -0.39 is 6.10 Å². The smallest absolute Gasteiger partial charge is 0.248 e. The fourth-order valence-corrected chi connectivity index (χ4v) is 2.85. The molecule has 0 saturated carbocycles. The van der Waals surface area contributed by atoms with Crippen molar-refractivity contribution in [2.24, 2.45) is 0 Å². The zero-order valence-corrected chi connectivity index (χ0v) is 12.2. The fraction of sp³-hybridized carbons (Fsp3) is 0.375. The second kappa shape index (κ2) is 5.33. The third-order valence-corrected chi connectivity index (χ3v) is 3.86. The molecule has 1 aliphatic rings. The lowest BCUT2D eigenvalue weighted by atomic mass is 10.1. The summed E-state index contributed by atoms with van der Waals surface area (Å²) in [5, 5.41) is 13.7. The molecule has 21 heavy (non-hydrogen) atoms. The van der Waals surface area contributed by atoms with Gasteiger partial charge < -0.3 is 10.0 Å². The Morgan fingerprint density at radius 1 is 1.43 bits per heavy atom. The van der Waals surface area contributed by atoms with Gasteiger partial charge in [-0.1, -0.05) is 18.2 Å². The molecule has 3 rings (SSSR count). The van der Waals surface area contributed by atoms with Gasteiger partial charge in [-0.2, -0.15) is 5.10 Å². The monoisotopic (exact) mass is 285 g/mol. The zero-order chi connectivity index (χ0) is 15.0. The van der Waals surface area contributed by atoms with Crippen LogP contribution in [0.15, 0.2) is 36.5 Å². The number of aliphatic hydroxyl groups excluding tert-OH is 1. The minimum Gasteiger partial charge on any atom is -0.387 e. The van der Waals surface area contributed by atoms with Gasteiger partial charge in [-0.15, -0.1) is 0 Å². The van der Waals surface area contributed by atoms with Crippen molar-refractivity contribution in [1.29, 1.82) is 0 Å². The van der Waals surface area contributed by atoms with Crippen molar-refractivity contribution in [2.45, 2.75) is 39.0 Å². The van der Waals surface area contributed by atoms with Gasteiger partial charge in [0.05, 0.1) is 11.8 Å². The average Bonchev–Trinajstić information content (AvgIpc) is 3.01. The van der Waals surface area contributed by atoms with Crippen LogP contribution in [-0.2, 0) is 17.8 Å². The quantitative estimate of drug-likeness (QED) is 0.937. The maximum absolute atomic E-state index is 12.6. The maximum Gasteiger partial charge on any atom is 0.248 e. The highest BCUT2D eigenvalue weighted by Crippen LogP contribution is 2.31. The normalized spacial score (nSPS) is 18.6. The molecule has 1 aliphatic heterocycles. The molecule has 0 saturated heterocycles. The van der Waals surface area contributed by atoms with Crippen molar-refractivity contribution >= 4 is 11.6 Å². The summed E-state index contributed by atoms with van der Waals surface area (Å²) in [5.41, 5.74) is 2.79. The number of para-hydroxylation sites is 1. The number of benzene rings is 1. The summed E-state index contributed by atoms with van der Waals surface area (Å²) in [6.45, 7) is 3.90. The first-order chi connectivity index (χ1) is 10.1. The van der Waals surface area contributed by atoms with Crippen LogP contribution in [0.25, 0.3) is 0 Å². The first kappa shape index (κ1) is 13.8. The Labute approximate surface area is 123 Å². The number of aliphatic hydroxyl groups is 1. The predicted octanol–water partition coefficient (Wildman–Crippen LogP) is 1.91. The van der Waals surface area contributed by atoms with Crippen LogP contribution in [-0.4, -0.2) is 26.8 Å². The third-order valence-electron chi connectivity index (χ3n) is 3.86. The van der Waals surface area contributed by atoms with Crippen molar-refractivity contribution in [1.82, 2.24) is 9.78 Å². The SMILES string of the molecule is C[C@H](O)c1ccn(CC(=O)N2c3ccccc3C[C@@H]2C)n1. The lowest BCUT2D eigenvalue weighted by molar-refractivity contribution is -0.119. The Morgan fingerprint density at radius 3 is 2.90 bits per heavy atom. The number of aromatic nitrogens is 2. The number of anilines is 1. The largest absolute Gasteiger partial charge is 0.387 e. The molecule has 5 nitrogen and oxygen atoms in total. The van der Waals surface area contributed by atoms with Crippen molar-refractivity contribution in [3.8, 4) is 0 Å². The number of fused-ring (bicyclic) bond motifs is 1. The molecule has 2 atom stereocenters. The van der Waals surface area contributed by atoms with Crippen LogP contribution in [0, 0.1) is 0 Å². The van der Waals surface area contributed by atoms with Crippen LogP contribution in [0.5, 0.6) is 0 Å². The molecular formula is C16H19N3O2. The molecule has 1 N–H and O–H groups in total. The van der Waals surface area contributed by atoms with E-state index in [4.69, 9.17) is 0 Å². The van der Waals surface area contributed by atoms with Crippen LogP contribution in [0.4, 0.5) is 5.69 Å². The Kier molecular flexibility index (Phi) is 3.51. The molecule has 0 fully saturated rings.